The van der Waals surface area contributed by atoms with Gasteiger partial charge in [-0.25, -0.2) is 9.78 Å². The highest BCUT2D eigenvalue weighted by Crippen LogP contribution is 2.30. The van der Waals surface area contributed by atoms with E-state index >= 15 is 0 Å². The molecule has 0 atom stereocenters. The van der Waals surface area contributed by atoms with Gasteiger partial charge in [-0.15, -0.1) is 0 Å². The van der Waals surface area contributed by atoms with Crippen molar-refractivity contribution in [3.8, 4) is 11.4 Å². The maximum absolute atomic E-state index is 13.0. The number of alkyl halides is 3. The van der Waals surface area contributed by atoms with Crippen LogP contribution in [0.4, 0.5) is 24.8 Å². The quantitative estimate of drug-likeness (QED) is 0.443. The van der Waals surface area contributed by atoms with Gasteiger partial charge in [0.25, 0.3) is 5.91 Å². The molecular weight excluding hydrogens is 465 g/mol. The third kappa shape index (κ3) is 4.76. The lowest BCUT2D eigenvalue weighted by Crippen LogP contribution is -2.25. The van der Waals surface area contributed by atoms with Gasteiger partial charge in [0.05, 0.1) is 23.7 Å². The number of ether oxygens (including phenoxy) is 1. The van der Waals surface area contributed by atoms with Gasteiger partial charge in [-0.3, -0.25) is 9.36 Å². The van der Waals surface area contributed by atoms with Crippen molar-refractivity contribution in [1.29, 1.82) is 0 Å². The fraction of sp³-hybridized carbons (Fsp3) is 0.174. The molecule has 12 heteroatoms. The van der Waals surface area contributed by atoms with Crippen LogP contribution >= 0.6 is 0 Å². The van der Waals surface area contributed by atoms with Gasteiger partial charge in [-0.05, 0) is 30.7 Å². The lowest BCUT2D eigenvalue weighted by atomic mass is 10.1. The van der Waals surface area contributed by atoms with Crippen LogP contribution in [0.1, 0.15) is 28.5 Å². The number of nitrogen functional groups attached to an aromatic ring is 1. The molecule has 35 heavy (non-hydrogen) atoms. The van der Waals surface area contributed by atoms with Gasteiger partial charge in [-0.2, -0.15) is 23.1 Å². The highest BCUT2D eigenvalue weighted by Gasteiger charge is 2.31. The number of hydrogen-bond acceptors (Lipinski definition) is 7. The molecule has 0 saturated carbocycles. The molecule has 4 aromatic rings. The van der Waals surface area contributed by atoms with Crippen molar-refractivity contribution < 1.29 is 22.7 Å². The number of aryl methyl sites for hydroxylation is 1. The van der Waals surface area contributed by atoms with Gasteiger partial charge in [-0.1, -0.05) is 13.0 Å². The molecule has 0 unspecified atom stereocenters. The van der Waals surface area contributed by atoms with E-state index in [1.54, 1.807) is 6.07 Å². The van der Waals surface area contributed by atoms with Crippen LogP contribution in [0.5, 0.6) is 5.75 Å². The summed E-state index contributed by atoms with van der Waals surface area (Å²) in [6, 6.07) is 8.58. The lowest BCUT2D eigenvalue weighted by molar-refractivity contribution is -0.137. The summed E-state index contributed by atoms with van der Waals surface area (Å²) in [6.07, 6.45) is -2.71. The van der Waals surface area contributed by atoms with Crippen LogP contribution in [0, 0.1) is 0 Å². The number of anilines is 2. The van der Waals surface area contributed by atoms with Gasteiger partial charge >= 0.3 is 11.9 Å². The van der Waals surface area contributed by atoms with E-state index in [9.17, 15) is 22.8 Å². The lowest BCUT2D eigenvalue weighted by Gasteiger charge is -2.16. The normalized spacial score (nSPS) is 11.5. The number of rotatable bonds is 5. The first-order valence-corrected chi connectivity index (χ1v) is 10.3. The minimum Gasteiger partial charge on any atom is -0.497 e. The molecule has 4 rings (SSSR count). The monoisotopic (exact) mass is 484 g/mol. The number of carbonyl (C=O) groups is 1. The van der Waals surface area contributed by atoms with Crippen molar-refractivity contribution in [2.45, 2.75) is 19.5 Å². The Labute approximate surface area is 196 Å². The minimum atomic E-state index is -4.59. The number of fused-ring (bicyclic) bond motifs is 1. The SMILES string of the molecule is CCc1c2cnc(N)nc2nc(=O)n1-c1cc(NC(=O)c2cccc(C(F)(F)F)c2)cc(OC)c1. The molecule has 0 radical (unpaired) electrons. The predicted molar refractivity (Wildman–Crippen MR) is 123 cm³/mol. The average molecular weight is 484 g/mol. The molecule has 3 N–H and O–H groups in total. The molecule has 2 aromatic heterocycles. The van der Waals surface area contributed by atoms with Crippen LogP contribution in [0.15, 0.2) is 53.5 Å². The van der Waals surface area contributed by atoms with Crippen molar-refractivity contribution in [2.24, 2.45) is 0 Å². The smallest absolute Gasteiger partial charge is 0.416 e. The molecule has 0 aliphatic heterocycles. The second kappa shape index (κ2) is 9.05. The van der Waals surface area contributed by atoms with Crippen LogP contribution < -0.4 is 21.5 Å². The van der Waals surface area contributed by atoms with Crippen molar-refractivity contribution in [2.75, 3.05) is 18.2 Å². The van der Waals surface area contributed by atoms with E-state index in [4.69, 9.17) is 10.5 Å². The molecule has 0 fully saturated rings. The molecule has 0 aliphatic rings. The van der Waals surface area contributed by atoms with Crippen LogP contribution in [-0.2, 0) is 12.6 Å². The van der Waals surface area contributed by atoms with E-state index in [2.05, 4.69) is 20.3 Å². The Morgan fingerprint density at radius 3 is 2.63 bits per heavy atom. The zero-order valence-corrected chi connectivity index (χ0v) is 18.6. The number of benzene rings is 2. The van der Waals surface area contributed by atoms with Crippen LogP contribution in [0.2, 0.25) is 0 Å². The number of nitrogens with two attached hydrogens (primary N) is 1. The first-order chi connectivity index (χ1) is 16.6. The molecule has 0 spiro atoms. The molecule has 0 bridgehead atoms. The predicted octanol–water partition coefficient (Wildman–Crippen LogP) is 3.60. The Kier molecular flexibility index (Phi) is 6.12. The van der Waals surface area contributed by atoms with Crippen molar-refractivity contribution in [3.05, 3.63) is 76.0 Å². The zero-order valence-electron chi connectivity index (χ0n) is 18.6. The molecule has 0 saturated heterocycles. The second-order valence-electron chi connectivity index (χ2n) is 7.45. The molecule has 2 heterocycles. The Morgan fingerprint density at radius 1 is 1.17 bits per heavy atom. The van der Waals surface area contributed by atoms with Gasteiger partial charge < -0.3 is 15.8 Å². The average Bonchev–Trinajstić information content (AvgIpc) is 2.82. The van der Waals surface area contributed by atoms with Gasteiger partial charge in [0, 0.05) is 35.3 Å². The maximum Gasteiger partial charge on any atom is 0.416 e. The maximum atomic E-state index is 13.0. The van der Waals surface area contributed by atoms with Crippen LogP contribution in [0.25, 0.3) is 16.7 Å². The molecule has 0 aliphatic carbocycles. The largest absolute Gasteiger partial charge is 0.497 e. The van der Waals surface area contributed by atoms with Crippen molar-refractivity contribution in [3.63, 3.8) is 0 Å². The number of aromatic nitrogens is 4. The van der Waals surface area contributed by atoms with E-state index in [-0.39, 0.29) is 22.8 Å². The van der Waals surface area contributed by atoms with Crippen LogP contribution in [-0.4, -0.2) is 32.5 Å². The number of nitrogens with zero attached hydrogens (tertiary/aromatic N) is 4. The third-order valence-corrected chi connectivity index (χ3v) is 5.19. The summed E-state index contributed by atoms with van der Waals surface area (Å²) in [5.74, 6) is -0.492. The van der Waals surface area contributed by atoms with Gasteiger partial charge in [0.2, 0.25) is 5.95 Å². The second-order valence-corrected chi connectivity index (χ2v) is 7.45. The number of methoxy groups -OCH3 is 1. The highest BCUT2D eigenvalue weighted by atomic mass is 19.4. The summed E-state index contributed by atoms with van der Waals surface area (Å²) in [5.41, 5.74) is 5.05. The van der Waals surface area contributed by atoms with Crippen molar-refractivity contribution in [1.82, 2.24) is 19.5 Å². The van der Waals surface area contributed by atoms with E-state index in [0.29, 0.717) is 28.9 Å². The van der Waals surface area contributed by atoms with E-state index < -0.39 is 23.3 Å². The highest BCUT2D eigenvalue weighted by molar-refractivity contribution is 6.04. The summed E-state index contributed by atoms with van der Waals surface area (Å²) in [7, 11) is 1.40. The standard InChI is InChI=1S/C23H19F3N6O3/c1-3-18-17-11-28-21(27)30-19(17)31-22(34)32(18)15-8-14(9-16(10-15)35-2)29-20(33)12-5-4-6-13(7-12)23(24,25)26/h4-11H,3H2,1-2H3,(H,29,33)(H2,27,30,31,34). The summed E-state index contributed by atoms with van der Waals surface area (Å²) < 4.78 is 45.7. The first-order valence-electron chi connectivity index (χ1n) is 10.3. The Hall–Kier alpha value is -4.48. The van der Waals surface area contributed by atoms with E-state index in [0.717, 1.165) is 18.2 Å². The zero-order chi connectivity index (χ0) is 25.3. The van der Waals surface area contributed by atoms with Crippen molar-refractivity contribution >= 4 is 28.6 Å². The number of nitrogens with one attached hydrogen (secondary N) is 1. The minimum absolute atomic E-state index is 0.0230. The molecule has 1 amide bonds. The van der Waals surface area contributed by atoms with E-state index in [1.165, 1.54) is 36.1 Å². The number of hydrogen-bond donors (Lipinski definition) is 2. The first kappa shape index (κ1) is 23.7. The van der Waals surface area contributed by atoms with Crippen LogP contribution in [0.3, 0.4) is 0 Å². The Balaban J connectivity index is 1.79. The molecule has 180 valence electrons. The fourth-order valence-electron chi connectivity index (χ4n) is 3.61. The summed E-state index contributed by atoms with van der Waals surface area (Å²) in [4.78, 5) is 37.6. The fourth-order valence-corrected chi connectivity index (χ4v) is 3.61. The third-order valence-electron chi connectivity index (χ3n) is 5.19. The molecule has 2 aromatic carbocycles. The summed E-state index contributed by atoms with van der Waals surface area (Å²) >= 11 is 0. The van der Waals surface area contributed by atoms with Gasteiger partial charge in [0.15, 0.2) is 5.65 Å². The van der Waals surface area contributed by atoms with Gasteiger partial charge in [0.1, 0.15) is 5.75 Å². The van der Waals surface area contributed by atoms with E-state index in [1.807, 2.05) is 6.92 Å². The molecular formula is C23H19F3N6O3. The number of halogens is 3. The Morgan fingerprint density at radius 2 is 1.94 bits per heavy atom. The molecule has 9 nitrogen and oxygen atoms in total. The number of carbonyl (C=O) groups excluding carboxylic acids is 1. The summed E-state index contributed by atoms with van der Waals surface area (Å²) in [5, 5.41) is 3.07. The Bertz CT molecular complexity index is 1500. The topological polar surface area (TPSA) is 125 Å². The number of amides is 1. The summed E-state index contributed by atoms with van der Waals surface area (Å²) in [6.45, 7) is 1.83.